The summed E-state index contributed by atoms with van der Waals surface area (Å²) in [6.07, 6.45) is 0. The molecule has 49 valence electrons. The molecule has 0 aliphatic carbocycles. The van der Waals surface area contributed by atoms with Gasteiger partial charge in [0.1, 0.15) is 0 Å². The van der Waals surface area contributed by atoms with Crippen LogP contribution in [0.25, 0.3) is 0 Å². The molecule has 0 aromatic rings. The molecular weight excluding hydrogens is 273 g/mol. The van der Waals surface area contributed by atoms with E-state index in [1.807, 2.05) is 0 Å². The zero-order chi connectivity index (χ0) is 4.00. The second kappa shape index (κ2) is 95.6. The average Bonchev–Trinajstić information content (AvgIpc) is 1.50. The fourth-order valence-electron chi connectivity index (χ4n) is 0. The molecule has 0 aromatic carbocycles. The zero-order valence-electron chi connectivity index (χ0n) is 2.22. The number of hydrogen-bond donors (Lipinski definition) is 0. The van der Waals surface area contributed by atoms with Crippen LogP contribution in [0.15, 0.2) is 0 Å². The molecule has 0 aromatic heterocycles. The molecule has 1 radical (unpaired) electrons. The van der Waals surface area contributed by atoms with Crippen molar-refractivity contribution in [2.45, 2.75) is 0 Å². The SMILES string of the molecule is [LiH].[LiH].[Mn].[Ni].[O]=[Co].[O]=[Mn]. The topological polar surface area (TPSA) is 34.1 Å². The Bertz CT molecular complexity index is 20.0. The minimum absolute atomic E-state index is 0. The maximum atomic E-state index is 8.06. The van der Waals surface area contributed by atoms with E-state index in [-0.39, 0.29) is 71.3 Å². The van der Waals surface area contributed by atoms with E-state index in [2.05, 4.69) is 15.7 Å². The van der Waals surface area contributed by atoms with Gasteiger partial charge >= 0.3 is 77.0 Å². The van der Waals surface area contributed by atoms with Crippen LogP contribution in [0.4, 0.5) is 0 Å². The van der Waals surface area contributed by atoms with E-state index >= 15 is 0 Å². The first-order chi connectivity index (χ1) is 2.00. The molecule has 0 saturated heterocycles. The predicted molar refractivity (Wildman–Crippen MR) is 15.7 cm³/mol. The van der Waals surface area contributed by atoms with Crippen molar-refractivity contribution in [3.8, 4) is 0 Å². The molecule has 0 saturated carbocycles. The van der Waals surface area contributed by atoms with Gasteiger partial charge < -0.3 is 0 Å². The van der Waals surface area contributed by atoms with Crippen molar-refractivity contribution in [1.82, 2.24) is 0 Å². The summed E-state index contributed by atoms with van der Waals surface area (Å²) in [6.45, 7) is 0. The van der Waals surface area contributed by atoms with Gasteiger partial charge in [0.2, 0.25) is 0 Å². The van der Waals surface area contributed by atoms with E-state index in [9.17, 15) is 0 Å². The zero-order valence-corrected chi connectivity index (χ0v) is 6.61. The van der Waals surface area contributed by atoms with Crippen molar-refractivity contribution in [2.75, 3.05) is 0 Å². The summed E-state index contributed by atoms with van der Waals surface area (Å²) in [7, 11) is 0. The Morgan fingerprint density at radius 2 is 1.00 bits per heavy atom. The molecule has 0 heterocycles. The quantitative estimate of drug-likeness (QED) is 0.502. The molecule has 0 N–H and O–H groups in total. The molecule has 0 atom stereocenters. The van der Waals surface area contributed by atoms with Crippen LogP contribution < -0.4 is 0 Å². The van der Waals surface area contributed by atoms with Crippen molar-refractivity contribution in [3.05, 3.63) is 0 Å². The first-order valence-electron chi connectivity index (χ1n) is 0.290. The summed E-state index contributed by atoms with van der Waals surface area (Å²) in [6, 6.07) is 0. The summed E-state index contributed by atoms with van der Waals surface area (Å²) in [4.78, 5) is 0. The van der Waals surface area contributed by atoms with E-state index in [4.69, 9.17) is 7.70 Å². The van der Waals surface area contributed by atoms with Gasteiger partial charge in [-0.3, -0.25) is 0 Å². The monoisotopic (exact) mass is 275 g/mol. The van der Waals surface area contributed by atoms with Gasteiger partial charge in [-0.2, -0.15) is 0 Å². The van der Waals surface area contributed by atoms with Gasteiger partial charge in [0.05, 0.1) is 0 Å². The van der Waals surface area contributed by atoms with E-state index in [0.717, 1.165) is 0 Å². The third kappa shape index (κ3) is 67.5. The van der Waals surface area contributed by atoms with Crippen LogP contribution >= 0.6 is 0 Å². The minimum atomic E-state index is 0. The first-order valence-corrected chi connectivity index (χ1v) is 1.20. The van der Waals surface area contributed by atoms with Gasteiger partial charge in [-0.1, -0.05) is 0 Å². The van der Waals surface area contributed by atoms with Gasteiger partial charge in [0, 0.05) is 33.6 Å². The molecule has 0 fully saturated rings. The molecule has 0 aliphatic rings. The second-order valence-corrected chi connectivity index (χ2v) is 0. The van der Waals surface area contributed by atoms with Crippen LogP contribution in [-0.4, -0.2) is 37.7 Å². The van der Waals surface area contributed by atoms with Crippen molar-refractivity contribution in [2.24, 2.45) is 0 Å². The Hall–Kier alpha value is 2.83. The Morgan fingerprint density at radius 3 is 1.00 bits per heavy atom. The molecule has 0 spiro atoms. The van der Waals surface area contributed by atoms with Crippen LogP contribution in [0.3, 0.4) is 0 Å². The fourth-order valence-corrected chi connectivity index (χ4v) is 0. The molecule has 0 bridgehead atoms. The van der Waals surface area contributed by atoms with Gasteiger partial charge in [0.25, 0.3) is 0 Å². The summed E-state index contributed by atoms with van der Waals surface area (Å²) < 4.78 is 16.0. The van der Waals surface area contributed by atoms with E-state index in [1.165, 1.54) is 0 Å². The molecule has 8 heteroatoms. The van der Waals surface area contributed by atoms with Crippen molar-refractivity contribution in [1.29, 1.82) is 0 Å². The summed E-state index contributed by atoms with van der Waals surface area (Å²) in [5.41, 5.74) is 0. The molecule has 2 nitrogen and oxygen atoms in total. The maximum absolute atomic E-state index is 8.06. The Kier molecular flexibility index (Phi) is 536. The molecule has 0 rings (SSSR count). The van der Waals surface area contributed by atoms with Gasteiger partial charge in [-0.15, -0.1) is 0 Å². The summed E-state index contributed by atoms with van der Waals surface area (Å²) >= 11 is 4.00. The van der Waals surface area contributed by atoms with Gasteiger partial charge in [0.15, 0.2) is 0 Å². The molecule has 0 amide bonds. The Balaban J connectivity index is -0.00000000167. The van der Waals surface area contributed by atoms with Crippen molar-refractivity contribution >= 4 is 37.7 Å². The second-order valence-electron chi connectivity index (χ2n) is 0. The molecule has 0 aliphatic heterocycles. The average molecular weight is 275 g/mol. The van der Waals surface area contributed by atoms with Gasteiger partial charge in [-0.25, -0.2) is 0 Å². The van der Waals surface area contributed by atoms with E-state index in [0.29, 0.717) is 0 Å². The standard InChI is InChI=1S/Co.2Li.2Mn.Ni.2O.2H. The van der Waals surface area contributed by atoms with Crippen LogP contribution in [0.2, 0.25) is 0 Å². The van der Waals surface area contributed by atoms with Crippen LogP contribution in [-0.2, 0) is 72.9 Å². The van der Waals surface area contributed by atoms with Crippen LogP contribution in [0.5, 0.6) is 0 Å². The Labute approximate surface area is 109 Å². The third-order valence-corrected chi connectivity index (χ3v) is 0. The van der Waals surface area contributed by atoms with Gasteiger partial charge in [-0.05, 0) is 0 Å². The van der Waals surface area contributed by atoms with Crippen molar-refractivity contribution in [3.63, 3.8) is 0 Å². The molecular formula is H2CoLi2Mn2NiO2. The Morgan fingerprint density at radius 1 is 1.00 bits per heavy atom. The number of hydrogen-bond acceptors (Lipinski definition) is 2. The summed E-state index contributed by atoms with van der Waals surface area (Å²) in [5.74, 6) is 0. The van der Waals surface area contributed by atoms with Crippen LogP contribution in [0, 0.1) is 0 Å². The molecule has 8 heavy (non-hydrogen) atoms. The predicted octanol–water partition coefficient (Wildman–Crippen LogP) is -1.54. The van der Waals surface area contributed by atoms with E-state index < -0.39 is 0 Å². The third-order valence-electron chi connectivity index (χ3n) is 0. The van der Waals surface area contributed by atoms with Crippen molar-refractivity contribution < 1.29 is 72.9 Å². The summed E-state index contributed by atoms with van der Waals surface area (Å²) in [5, 5.41) is 0. The fraction of sp³-hybridized carbons (Fsp3) is 0. The van der Waals surface area contributed by atoms with E-state index in [1.54, 1.807) is 15.9 Å². The first kappa shape index (κ1) is 44.8. The molecule has 0 unspecified atom stereocenters. The van der Waals surface area contributed by atoms with Crippen LogP contribution in [0.1, 0.15) is 0 Å². The number of rotatable bonds is 0. The normalized spacial score (nSPS) is 1.12.